The zero-order valence-corrected chi connectivity index (χ0v) is 12.9. The molecule has 0 amide bonds. The third-order valence-corrected chi connectivity index (χ3v) is 5.56. The predicted molar refractivity (Wildman–Crippen MR) is 75.0 cm³/mol. The van der Waals surface area contributed by atoms with Crippen molar-refractivity contribution in [1.82, 2.24) is 4.31 Å². The summed E-state index contributed by atoms with van der Waals surface area (Å²) in [4.78, 5) is 0.126. The molecule has 1 aromatic carbocycles. The Hall–Kier alpha value is -0.690. The third kappa shape index (κ3) is 3.14. The fraction of sp³-hybridized carbons (Fsp3) is 0.538. The van der Waals surface area contributed by atoms with E-state index in [0.29, 0.717) is 5.56 Å². The van der Waals surface area contributed by atoms with Crippen LogP contribution in [-0.2, 0) is 14.8 Å². The Morgan fingerprint density at radius 2 is 2.15 bits per heavy atom. The van der Waals surface area contributed by atoms with Gasteiger partial charge in [0.1, 0.15) is 5.82 Å². The average molecular weight is 322 g/mol. The number of ether oxygens (including phenoxy) is 1. The lowest BCUT2D eigenvalue weighted by molar-refractivity contribution is -0.0423. The van der Waals surface area contributed by atoms with Gasteiger partial charge >= 0.3 is 0 Å². The van der Waals surface area contributed by atoms with Crippen LogP contribution < -0.4 is 0 Å². The number of aryl methyl sites for hydroxylation is 1. The van der Waals surface area contributed by atoms with Crippen LogP contribution in [0.2, 0.25) is 0 Å². The zero-order valence-electron chi connectivity index (χ0n) is 11.3. The molecule has 0 saturated carbocycles. The molecule has 1 saturated heterocycles. The van der Waals surface area contributed by atoms with Gasteiger partial charge in [0.15, 0.2) is 0 Å². The first-order valence-electron chi connectivity index (χ1n) is 6.32. The van der Waals surface area contributed by atoms with Crippen molar-refractivity contribution < 1.29 is 17.5 Å². The third-order valence-electron chi connectivity index (χ3n) is 3.22. The number of rotatable bonds is 3. The molecule has 2 rings (SSSR count). The topological polar surface area (TPSA) is 46.6 Å². The molecule has 1 heterocycles. The van der Waals surface area contributed by atoms with Crippen LogP contribution in [0.3, 0.4) is 0 Å². The van der Waals surface area contributed by atoms with Crippen LogP contribution in [0.25, 0.3) is 0 Å². The van der Waals surface area contributed by atoms with Crippen LogP contribution in [0, 0.1) is 12.7 Å². The molecular formula is C13H17ClFNO3S. The molecule has 112 valence electrons. The lowest BCUT2D eigenvalue weighted by atomic mass is 10.2. The van der Waals surface area contributed by atoms with Gasteiger partial charge in [-0.05, 0) is 37.6 Å². The fourth-order valence-corrected chi connectivity index (χ4v) is 4.25. The van der Waals surface area contributed by atoms with Gasteiger partial charge in [-0.2, -0.15) is 4.31 Å². The summed E-state index contributed by atoms with van der Waals surface area (Å²) < 4.78 is 45.3. The van der Waals surface area contributed by atoms with Crippen LogP contribution in [0.4, 0.5) is 4.39 Å². The lowest BCUT2D eigenvalue weighted by Gasteiger charge is -2.35. The van der Waals surface area contributed by atoms with E-state index in [1.807, 2.05) is 0 Å². The largest absolute Gasteiger partial charge is 0.371 e. The Morgan fingerprint density at radius 3 is 2.75 bits per heavy atom. The fourth-order valence-electron chi connectivity index (χ4n) is 2.33. The van der Waals surface area contributed by atoms with Gasteiger partial charge in [0.25, 0.3) is 0 Å². The Bertz CT molecular complexity index is 593. The van der Waals surface area contributed by atoms with Gasteiger partial charge in [-0.25, -0.2) is 12.8 Å². The highest BCUT2D eigenvalue weighted by Gasteiger charge is 2.34. The maximum Gasteiger partial charge on any atom is 0.243 e. The van der Waals surface area contributed by atoms with Crippen molar-refractivity contribution in [2.45, 2.75) is 31.0 Å². The Labute approximate surface area is 123 Å². The molecular weight excluding hydrogens is 305 g/mol. The number of hydrogen-bond acceptors (Lipinski definition) is 3. The smallest absolute Gasteiger partial charge is 0.243 e. The molecule has 0 bridgehead atoms. The highest BCUT2D eigenvalue weighted by atomic mass is 35.5. The maximum atomic E-state index is 13.1. The highest BCUT2D eigenvalue weighted by Crippen LogP contribution is 2.24. The maximum absolute atomic E-state index is 13.1. The first-order valence-corrected chi connectivity index (χ1v) is 8.29. The molecule has 20 heavy (non-hydrogen) atoms. The van der Waals surface area contributed by atoms with Crippen molar-refractivity contribution in [3.8, 4) is 0 Å². The van der Waals surface area contributed by atoms with Crippen molar-refractivity contribution >= 4 is 21.6 Å². The van der Waals surface area contributed by atoms with Gasteiger partial charge < -0.3 is 4.74 Å². The Balaban J connectivity index is 2.34. The van der Waals surface area contributed by atoms with E-state index in [-0.39, 0.29) is 36.1 Å². The minimum absolute atomic E-state index is 0.126. The molecule has 7 heteroatoms. The number of hydrogen-bond donors (Lipinski definition) is 0. The van der Waals surface area contributed by atoms with Crippen molar-refractivity contribution in [2.75, 3.05) is 19.0 Å². The molecule has 1 fully saturated rings. The molecule has 4 nitrogen and oxygen atoms in total. The number of alkyl halides is 1. The second-order valence-corrected chi connectivity index (χ2v) is 7.17. The van der Waals surface area contributed by atoms with E-state index in [1.54, 1.807) is 13.8 Å². The standard InChI is InChI=1S/C13H17ClFNO3S/c1-9-5-11(15)3-4-13(9)20(17,18)16-7-10(2)19-12(6-14)8-16/h3-5,10,12H,6-8H2,1-2H3. The molecule has 0 radical (unpaired) electrons. The summed E-state index contributed by atoms with van der Waals surface area (Å²) in [5.74, 6) is -0.214. The second kappa shape index (κ2) is 5.97. The molecule has 1 aromatic rings. The van der Waals surface area contributed by atoms with E-state index in [9.17, 15) is 12.8 Å². The van der Waals surface area contributed by atoms with Gasteiger partial charge in [0, 0.05) is 19.0 Å². The minimum atomic E-state index is -3.66. The van der Waals surface area contributed by atoms with E-state index < -0.39 is 15.8 Å². The van der Waals surface area contributed by atoms with Gasteiger partial charge in [-0.3, -0.25) is 0 Å². The molecule has 1 aliphatic rings. The van der Waals surface area contributed by atoms with Crippen LogP contribution in [0.15, 0.2) is 23.1 Å². The number of halogens is 2. The summed E-state index contributed by atoms with van der Waals surface area (Å²) in [5.41, 5.74) is 0.395. The van der Waals surface area contributed by atoms with Gasteiger partial charge in [-0.15, -0.1) is 11.6 Å². The molecule has 0 spiro atoms. The van der Waals surface area contributed by atoms with E-state index in [2.05, 4.69) is 0 Å². The van der Waals surface area contributed by atoms with E-state index in [0.717, 1.165) is 6.07 Å². The highest BCUT2D eigenvalue weighted by molar-refractivity contribution is 7.89. The van der Waals surface area contributed by atoms with Crippen molar-refractivity contribution in [1.29, 1.82) is 0 Å². The van der Waals surface area contributed by atoms with Gasteiger partial charge in [-0.1, -0.05) is 0 Å². The van der Waals surface area contributed by atoms with Crippen LogP contribution in [0.5, 0.6) is 0 Å². The lowest BCUT2D eigenvalue weighted by Crippen LogP contribution is -2.49. The van der Waals surface area contributed by atoms with E-state index in [4.69, 9.17) is 16.3 Å². The number of benzene rings is 1. The Kier molecular flexibility index (Phi) is 4.69. The number of nitrogens with zero attached hydrogens (tertiary/aromatic N) is 1. The first kappa shape index (κ1) is 15.7. The van der Waals surface area contributed by atoms with Crippen LogP contribution in [-0.4, -0.2) is 43.9 Å². The number of morpholine rings is 1. The SMILES string of the molecule is Cc1cc(F)ccc1S(=O)(=O)N1CC(C)OC(CCl)C1. The second-order valence-electron chi connectivity index (χ2n) is 4.95. The monoisotopic (exact) mass is 321 g/mol. The van der Waals surface area contributed by atoms with E-state index in [1.165, 1.54) is 16.4 Å². The minimum Gasteiger partial charge on any atom is -0.371 e. The van der Waals surface area contributed by atoms with Gasteiger partial charge in [0.05, 0.1) is 17.1 Å². The molecule has 0 aliphatic carbocycles. The quantitative estimate of drug-likeness (QED) is 0.801. The molecule has 0 N–H and O–H groups in total. The summed E-state index contributed by atoms with van der Waals surface area (Å²) in [6, 6.07) is 3.68. The van der Waals surface area contributed by atoms with Crippen LogP contribution >= 0.6 is 11.6 Å². The molecule has 2 atom stereocenters. The number of sulfonamides is 1. The normalized spacial score (nSPS) is 24.8. The van der Waals surface area contributed by atoms with Crippen molar-refractivity contribution in [3.63, 3.8) is 0 Å². The average Bonchev–Trinajstić information content (AvgIpc) is 2.37. The predicted octanol–water partition coefficient (Wildman–Crippen LogP) is 2.15. The molecule has 2 unspecified atom stereocenters. The first-order chi connectivity index (χ1) is 9.34. The summed E-state index contributed by atoms with van der Waals surface area (Å²) in [6.45, 7) is 3.87. The summed E-state index contributed by atoms with van der Waals surface area (Å²) in [5, 5.41) is 0. The summed E-state index contributed by atoms with van der Waals surface area (Å²) in [7, 11) is -3.66. The molecule has 1 aliphatic heterocycles. The van der Waals surface area contributed by atoms with Crippen molar-refractivity contribution in [3.05, 3.63) is 29.6 Å². The van der Waals surface area contributed by atoms with Crippen molar-refractivity contribution in [2.24, 2.45) is 0 Å². The Morgan fingerprint density at radius 1 is 1.45 bits per heavy atom. The summed E-state index contributed by atoms with van der Waals surface area (Å²) in [6.07, 6.45) is -0.543. The summed E-state index contributed by atoms with van der Waals surface area (Å²) >= 11 is 5.76. The van der Waals surface area contributed by atoms with Gasteiger partial charge in [0.2, 0.25) is 10.0 Å². The zero-order chi connectivity index (χ0) is 14.9. The van der Waals surface area contributed by atoms with Crippen LogP contribution in [0.1, 0.15) is 12.5 Å². The van der Waals surface area contributed by atoms with E-state index >= 15 is 0 Å². The molecule has 0 aromatic heterocycles.